The molecule has 0 aromatic carbocycles. The van der Waals surface area contributed by atoms with Crippen molar-refractivity contribution in [3.05, 3.63) is 29.9 Å². The number of amides is 1. The van der Waals surface area contributed by atoms with Gasteiger partial charge in [0.2, 0.25) is 0 Å². The summed E-state index contributed by atoms with van der Waals surface area (Å²) in [5.74, 6) is 0.789. The molecule has 0 aliphatic carbocycles. The lowest BCUT2D eigenvalue weighted by atomic mass is 10.0. The van der Waals surface area contributed by atoms with Crippen molar-refractivity contribution in [2.24, 2.45) is 0 Å². The number of carbonyl (C=O) groups is 1. The summed E-state index contributed by atoms with van der Waals surface area (Å²) in [4.78, 5) is 21.2. The number of likely N-dealkylation sites (N-methyl/N-ethyl adjacent to an activating group) is 1. The topological polar surface area (TPSA) is 58.1 Å². The van der Waals surface area contributed by atoms with E-state index in [-0.39, 0.29) is 5.91 Å². The van der Waals surface area contributed by atoms with Crippen LogP contribution in [-0.4, -0.2) is 34.9 Å². The van der Waals surface area contributed by atoms with E-state index in [0.29, 0.717) is 6.42 Å². The molecule has 5 heteroatoms. The smallest absolute Gasteiger partial charge is 0.251 e. The van der Waals surface area contributed by atoms with Crippen molar-refractivity contribution < 1.29 is 4.79 Å². The van der Waals surface area contributed by atoms with Crippen LogP contribution in [0.4, 0.5) is 5.82 Å². The fourth-order valence-corrected chi connectivity index (χ4v) is 1.45. The molecule has 0 radical (unpaired) electrons. The first-order valence-electron chi connectivity index (χ1n) is 4.64. The quantitative estimate of drug-likeness (QED) is 0.720. The number of rotatable bonds is 1. The molecule has 2 rings (SSSR count). The van der Waals surface area contributed by atoms with Gasteiger partial charge in [0, 0.05) is 44.0 Å². The van der Waals surface area contributed by atoms with Gasteiger partial charge < -0.3 is 10.2 Å². The highest BCUT2D eigenvalue weighted by molar-refractivity contribution is 5.94. The Labute approximate surface area is 87.8 Å². The highest BCUT2D eigenvalue weighted by Gasteiger charge is 2.18. The molecule has 1 aromatic rings. The molecule has 5 nitrogen and oxygen atoms in total. The lowest BCUT2D eigenvalue weighted by Gasteiger charge is -2.18. The number of nitrogens with zero attached hydrogens (tertiary/aromatic N) is 3. The van der Waals surface area contributed by atoms with Gasteiger partial charge in [-0.1, -0.05) is 0 Å². The van der Waals surface area contributed by atoms with Crippen molar-refractivity contribution in [2.45, 2.75) is 6.42 Å². The Morgan fingerprint density at radius 3 is 3.07 bits per heavy atom. The number of nitrogens with one attached hydrogen (secondary N) is 1. The van der Waals surface area contributed by atoms with Gasteiger partial charge in [-0.15, -0.1) is 0 Å². The van der Waals surface area contributed by atoms with E-state index in [1.807, 2.05) is 0 Å². The van der Waals surface area contributed by atoms with Gasteiger partial charge in [-0.25, -0.2) is 9.97 Å². The van der Waals surface area contributed by atoms with Crippen LogP contribution in [0.1, 0.15) is 5.56 Å². The molecule has 0 bridgehead atoms. The average molecular weight is 204 g/mol. The lowest BCUT2D eigenvalue weighted by Crippen LogP contribution is -2.26. The Morgan fingerprint density at radius 1 is 1.53 bits per heavy atom. The van der Waals surface area contributed by atoms with Gasteiger partial charge in [0.05, 0.1) is 0 Å². The molecule has 1 N–H and O–H groups in total. The van der Waals surface area contributed by atoms with Gasteiger partial charge in [-0.2, -0.15) is 0 Å². The predicted molar refractivity (Wildman–Crippen MR) is 56.1 cm³/mol. The minimum Gasteiger partial charge on any atom is -0.346 e. The van der Waals surface area contributed by atoms with Gasteiger partial charge in [0.1, 0.15) is 12.1 Å². The second-order valence-electron chi connectivity index (χ2n) is 3.59. The van der Waals surface area contributed by atoms with Crippen molar-refractivity contribution in [1.29, 1.82) is 0 Å². The molecule has 0 saturated carbocycles. The largest absolute Gasteiger partial charge is 0.346 e. The third kappa shape index (κ3) is 1.81. The number of hydrogen-bond donors (Lipinski definition) is 1. The molecule has 15 heavy (non-hydrogen) atoms. The van der Waals surface area contributed by atoms with Crippen molar-refractivity contribution >= 4 is 11.7 Å². The fourth-order valence-electron chi connectivity index (χ4n) is 1.45. The zero-order chi connectivity index (χ0) is 10.8. The Hall–Kier alpha value is -1.91. The number of carbonyl (C=O) groups excluding carboxylic acids is 1. The van der Waals surface area contributed by atoms with Gasteiger partial charge in [-0.3, -0.25) is 4.79 Å². The van der Waals surface area contributed by atoms with E-state index in [2.05, 4.69) is 15.3 Å². The third-order valence-electron chi connectivity index (χ3n) is 2.23. The summed E-state index contributed by atoms with van der Waals surface area (Å²) in [7, 11) is 3.47. The maximum atomic E-state index is 11.7. The van der Waals surface area contributed by atoms with E-state index in [1.54, 1.807) is 31.4 Å². The molecule has 0 unspecified atom stereocenters. The molecule has 0 fully saturated rings. The monoisotopic (exact) mass is 204 g/mol. The summed E-state index contributed by atoms with van der Waals surface area (Å²) in [6, 6.07) is 0. The van der Waals surface area contributed by atoms with Gasteiger partial charge in [0.25, 0.3) is 5.91 Å². The van der Waals surface area contributed by atoms with Gasteiger partial charge >= 0.3 is 0 Å². The molecular formula is C10H12N4O. The first kappa shape index (κ1) is 9.64. The molecule has 78 valence electrons. The van der Waals surface area contributed by atoms with Crippen LogP contribution in [0.5, 0.6) is 0 Å². The lowest BCUT2D eigenvalue weighted by molar-refractivity contribution is -0.124. The molecule has 1 aromatic heterocycles. The highest BCUT2D eigenvalue weighted by atomic mass is 16.2. The minimum absolute atomic E-state index is 0.0111. The molecule has 1 aliphatic rings. The highest BCUT2D eigenvalue weighted by Crippen LogP contribution is 2.20. The Morgan fingerprint density at radius 2 is 2.33 bits per heavy atom. The van der Waals surface area contributed by atoms with Crippen LogP contribution in [0.15, 0.2) is 24.3 Å². The van der Waals surface area contributed by atoms with E-state index in [0.717, 1.165) is 17.0 Å². The summed E-state index contributed by atoms with van der Waals surface area (Å²) in [6.07, 6.45) is 5.50. The van der Waals surface area contributed by atoms with Crippen LogP contribution in [0, 0.1) is 0 Å². The number of anilines is 1. The zero-order valence-corrected chi connectivity index (χ0v) is 8.69. The number of fused-ring (bicyclic) bond motifs is 1. The first-order chi connectivity index (χ1) is 7.18. The second-order valence-corrected chi connectivity index (χ2v) is 3.59. The average Bonchev–Trinajstić information content (AvgIpc) is 2.27. The standard InChI is InChI=1S/C10H12N4O/c1-14(2)10(15)8-3-7-4-11-6-13-9(7)12-5-8/h4-6H,3H2,1-2H3,(H,11,12,13). The number of aromatic nitrogens is 2. The summed E-state index contributed by atoms with van der Waals surface area (Å²) < 4.78 is 0. The van der Waals surface area contributed by atoms with E-state index in [1.165, 1.54) is 6.33 Å². The second kappa shape index (κ2) is 3.68. The Kier molecular flexibility index (Phi) is 2.37. The van der Waals surface area contributed by atoms with Gasteiger partial charge in [0.15, 0.2) is 0 Å². The van der Waals surface area contributed by atoms with Crippen molar-refractivity contribution in [2.75, 3.05) is 19.4 Å². The normalized spacial score (nSPS) is 13.6. The summed E-state index contributed by atoms with van der Waals surface area (Å²) in [6.45, 7) is 0. The molecule has 1 aliphatic heterocycles. The Balaban J connectivity index is 2.23. The molecule has 2 heterocycles. The number of hydrogen-bond acceptors (Lipinski definition) is 4. The SMILES string of the molecule is CN(C)C(=O)C1=CNc2ncncc2C1. The van der Waals surface area contributed by atoms with E-state index in [4.69, 9.17) is 0 Å². The summed E-state index contributed by atoms with van der Waals surface area (Å²) in [5.41, 5.74) is 1.67. The van der Waals surface area contributed by atoms with Crippen molar-refractivity contribution in [1.82, 2.24) is 14.9 Å². The summed E-state index contributed by atoms with van der Waals surface area (Å²) in [5, 5.41) is 2.99. The van der Waals surface area contributed by atoms with Crippen LogP contribution < -0.4 is 5.32 Å². The van der Waals surface area contributed by atoms with Crippen LogP contribution in [0.3, 0.4) is 0 Å². The fraction of sp³-hybridized carbons (Fsp3) is 0.300. The predicted octanol–water partition coefficient (Wildman–Crippen LogP) is 0.417. The zero-order valence-electron chi connectivity index (χ0n) is 8.69. The minimum atomic E-state index is 0.0111. The van der Waals surface area contributed by atoms with Crippen LogP contribution in [-0.2, 0) is 11.2 Å². The molecule has 1 amide bonds. The van der Waals surface area contributed by atoms with Crippen molar-refractivity contribution in [3.8, 4) is 0 Å². The Bertz CT molecular complexity index is 425. The van der Waals surface area contributed by atoms with Crippen LogP contribution in [0.25, 0.3) is 0 Å². The van der Waals surface area contributed by atoms with Crippen LogP contribution >= 0.6 is 0 Å². The molecule has 0 spiro atoms. The molecule has 0 saturated heterocycles. The van der Waals surface area contributed by atoms with Crippen LogP contribution in [0.2, 0.25) is 0 Å². The van der Waals surface area contributed by atoms with Gasteiger partial charge in [-0.05, 0) is 0 Å². The van der Waals surface area contributed by atoms with E-state index >= 15 is 0 Å². The van der Waals surface area contributed by atoms with E-state index < -0.39 is 0 Å². The maximum Gasteiger partial charge on any atom is 0.251 e. The maximum absolute atomic E-state index is 11.7. The first-order valence-corrected chi connectivity index (χ1v) is 4.64. The summed E-state index contributed by atoms with van der Waals surface area (Å²) >= 11 is 0. The molecule has 0 atom stereocenters. The third-order valence-corrected chi connectivity index (χ3v) is 2.23. The molecular weight excluding hydrogens is 192 g/mol. The van der Waals surface area contributed by atoms with Crippen molar-refractivity contribution in [3.63, 3.8) is 0 Å². The van der Waals surface area contributed by atoms with E-state index in [9.17, 15) is 4.79 Å².